The maximum absolute atomic E-state index is 12.1. The SMILES string of the molecule is CCCCCCCCCCCCS(=O)(=O)C(N)CCC[C@H](N)C(=O)O. The highest BCUT2D eigenvalue weighted by atomic mass is 32.2. The van der Waals surface area contributed by atoms with Crippen LogP contribution >= 0.6 is 0 Å². The van der Waals surface area contributed by atoms with Crippen molar-refractivity contribution < 1.29 is 18.3 Å². The van der Waals surface area contributed by atoms with Crippen LogP contribution in [0, 0.1) is 0 Å². The van der Waals surface area contributed by atoms with Gasteiger partial charge in [0.25, 0.3) is 0 Å². The Hall–Kier alpha value is -0.660. The molecule has 0 fully saturated rings. The van der Waals surface area contributed by atoms with Crippen LogP contribution in [0.25, 0.3) is 0 Å². The third-order valence-corrected chi connectivity index (χ3v) is 6.58. The van der Waals surface area contributed by atoms with Crippen molar-refractivity contribution in [1.82, 2.24) is 0 Å². The van der Waals surface area contributed by atoms with Crippen molar-refractivity contribution in [2.45, 2.75) is 102 Å². The summed E-state index contributed by atoms with van der Waals surface area (Å²) in [5, 5.41) is 7.78. The summed E-state index contributed by atoms with van der Waals surface area (Å²) in [5.41, 5.74) is 11.2. The molecular formula is C18H38N2O4S. The zero-order chi connectivity index (χ0) is 19.1. The fraction of sp³-hybridized carbons (Fsp3) is 0.944. The molecule has 0 heterocycles. The topological polar surface area (TPSA) is 123 Å². The number of hydrogen-bond donors (Lipinski definition) is 3. The summed E-state index contributed by atoms with van der Waals surface area (Å²) >= 11 is 0. The molecule has 1 unspecified atom stereocenters. The van der Waals surface area contributed by atoms with Gasteiger partial charge in [0.15, 0.2) is 9.84 Å². The summed E-state index contributed by atoms with van der Waals surface area (Å²) in [4.78, 5) is 10.6. The highest BCUT2D eigenvalue weighted by Crippen LogP contribution is 2.13. The number of sulfone groups is 1. The molecule has 25 heavy (non-hydrogen) atoms. The van der Waals surface area contributed by atoms with Crippen molar-refractivity contribution in [2.24, 2.45) is 11.5 Å². The molecule has 0 aliphatic rings. The van der Waals surface area contributed by atoms with Crippen LogP contribution in [0.2, 0.25) is 0 Å². The van der Waals surface area contributed by atoms with Gasteiger partial charge in [0.2, 0.25) is 0 Å². The van der Waals surface area contributed by atoms with Gasteiger partial charge in [-0.05, 0) is 25.7 Å². The first-order valence-corrected chi connectivity index (χ1v) is 11.5. The fourth-order valence-corrected chi connectivity index (χ4v) is 4.22. The molecular weight excluding hydrogens is 340 g/mol. The maximum Gasteiger partial charge on any atom is 0.320 e. The van der Waals surface area contributed by atoms with Gasteiger partial charge in [0, 0.05) is 0 Å². The predicted molar refractivity (Wildman–Crippen MR) is 103 cm³/mol. The first-order chi connectivity index (χ1) is 11.8. The standard InChI is InChI=1S/C18H38N2O4S/c1-2-3-4-5-6-7-8-9-10-11-15-25(23,24)17(20)14-12-13-16(19)18(21)22/h16-17H,2-15,19-20H2,1H3,(H,21,22)/t16-,17?/m0/s1. The highest BCUT2D eigenvalue weighted by molar-refractivity contribution is 7.91. The molecule has 0 saturated carbocycles. The van der Waals surface area contributed by atoms with Crippen LogP contribution in [-0.2, 0) is 14.6 Å². The molecule has 0 aromatic rings. The Labute approximate surface area is 153 Å². The minimum atomic E-state index is -3.30. The van der Waals surface area contributed by atoms with Gasteiger partial charge in [-0.2, -0.15) is 0 Å². The average Bonchev–Trinajstić information content (AvgIpc) is 2.56. The summed E-state index contributed by atoms with van der Waals surface area (Å²) in [6, 6.07) is -0.947. The Balaban J connectivity index is 3.70. The van der Waals surface area contributed by atoms with Gasteiger partial charge in [0.1, 0.15) is 11.4 Å². The van der Waals surface area contributed by atoms with E-state index >= 15 is 0 Å². The third kappa shape index (κ3) is 13.2. The van der Waals surface area contributed by atoms with E-state index in [1.165, 1.54) is 44.9 Å². The smallest absolute Gasteiger partial charge is 0.320 e. The van der Waals surface area contributed by atoms with E-state index in [9.17, 15) is 13.2 Å². The summed E-state index contributed by atoms with van der Waals surface area (Å²) in [7, 11) is -3.30. The molecule has 0 radical (unpaired) electrons. The van der Waals surface area contributed by atoms with Crippen molar-refractivity contribution in [2.75, 3.05) is 5.75 Å². The van der Waals surface area contributed by atoms with Crippen molar-refractivity contribution in [3.05, 3.63) is 0 Å². The van der Waals surface area contributed by atoms with Gasteiger partial charge in [-0.15, -0.1) is 0 Å². The molecule has 0 aliphatic carbocycles. The van der Waals surface area contributed by atoms with Gasteiger partial charge in [0.05, 0.1) is 5.75 Å². The van der Waals surface area contributed by atoms with Gasteiger partial charge in [-0.3, -0.25) is 4.79 Å². The van der Waals surface area contributed by atoms with Crippen molar-refractivity contribution in [1.29, 1.82) is 0 Å². The first kappa shape index (κ1) is 24.3. The van der Waals surface area contributed by atoms with Crippen LogP contribution in [0.4, 0.5) is 0 Å². The summed E-state index contributed by atoms with van der Waals surface area (Å²) in [6.07, 6.45) is 12.5. The minimum absolute atomic E-state index is 0.121. The molecule has 0 bridgehead atoms. The lowest BCUT2D eigenvalue weighted by atomic mass is 10.1. The Morgan fingerprint density at radius 2 is 1.32 bits per heavy atom. The maximum atomic E-state index is 12.1. The van der Waals surface area contributed by atoms with Crippen molar-refractivity contribution in [3.63, 3.8) is 0 Å². The molecule has 0 spiro atoms. The third-order valence-electron chi connectivity index (χ3n) is 4.56. The van der Waals surface area contributed by atoms with E-state index < -0.39 is 27.2 Å². The Morgan fingerprint density at radius 3 is 1.80 bits per heavy atom. The molecule has 6 nitrogen and oxygen atoms in total. The minimum Gasteiger partial charge on any atom is -0.480 e. The molecule has 0 aromatic heterocycles. The van der Waals surface area contributed by atoms with Crippen LogP contribution in [-0.4, -0.2) is 36.7 Å². The number of carboxylic acid groups (broad SMARTS) is 1. The molecule has 0 saturated heterocycles. The molecule has 0 aliphatic heterocycles. The number of carbonyl (C=O) groups is 1. The van der Waals surface area contributed by atoms with Crippen LogP contribution < -0.4 is 11.5 Å². The largest absolute Gasteiger partial charge is 0.480 e. The van der Waals surface area contributed by atoms with Crippen LogP contribution in [0.15, 0.2) is 0 Å². The predicted octanol–water partition coefficient (Wildman–Crippen LogP) is 3.19. The Bertz CT molecular complexity index is 440. The lowest BCUT2D eigenvalue weighted by molar-refractivity contribution is -0.138. The van der Waals surface area contributed by atoms with Gasteiger partial charge in [-0.25, -0.2) is 8.42 Å². The monoisotopic (exact) mass is 378 g/mol. The summed E-state index contributed by atoms with van der Waals surface area (Å²) in [6.45, 7) is 2.21. The number of carboxylic acids is 1. The number of rotatable bonds is 17. The Morgan fingerprint density at radius 1 is 0.840 bits per heavy atom. The fourth-order valence-electron chi connectivity index (χ4n) is 2.78. The van der Waals surface area contributed by atoms with Crippen molar-refractivity contribution >= 4 is 15.8 Å². The van der Waals surface area contributed by atoms with E-state index in [1.807, 2.05) is 0 Å². The lowest BCUT2D eigenvalue weighted by Crippen LogP contribution is -2.34. The second-order valence-corrected chi connectivity index (χ2v) is 9.30. The number of hydrogen-bond acceptors (Lipinski definition) is 5. The van der Waals surface area contributed by atoms with E-state index in [2.05, 4.69) is 6.92 Å². The van der Waals surface area contributed by atoms with E-state index in [0.29, 0.717) is 12.8 Å². The van der Waals surface area contributed by atoms with Crippen LogP contribution in [0.1, 0.15) is 90.4 Å². The number of aliphatic carboxylic acids is 1. The molecule has 150 valence electrons. The van der Waals surface area contributed by atoms with Crippen LogP contribution in [0.5, 0.6) is 0 Å². The second kappa shape index (κ2) is 14.5. The summed E-state index contributed by atoms with van der Waals surface area (Å²) < 4.78 is 24.2. The average molecular weight is 379 g/mol. The van der Waals surface area contributed by atoms with Gasteiger partial charge < -0.3 is 16.6 Å². The Kier molecular flexibility index (Phi) is 14.1. The lowest BCUT2D eigenvalue weighted by Gasteiger charge is -2.13. The van der Waals surface area contributed by atoms with Gasteiger partial charge >= 0.3 is 5.97 Å². The number of nitrogens with two attached hydrogens (primary N) is 2. The summed E-state index contributed by atoms with van der Waals surface area (Å²) in [5.74, 6) is -0.947. The second-order valence-electron chi connectivity index (χ2n) is 6.96. The molecule has 0 amide bonds. The van der Waals surface area contributed by atoms with E-state index in [4.69, 9.17) is 16.6 Å². The zero-order valence-electron chi connectivity index (χ0n) is 15.8. The van der Waals surface area contributed by atoms with E-state index in [1.54, 1.807) is 0 Å². The highest BCUT2D eigenvalue weighted by Gasteiger charge is 2.21. The van der Waals surface area contributed by atoms with Crippen LogP contribution in [0.3, 0.4) is 0 Å². The first-order valence-electron chi connectivity index (χ1n) is 9.76. The van der Waals surface area contributed by atoms with Gasteiger partial charge in [-0.1, -0.05) is 64.7 Å². The molecule has 5 N–H and O–H groups in total. The zero-order valence-corrected chi connectivity index (χ0v) is 16.6. The van der Waals surface area contributed by atoms with Crippen molar-refractivity contribution in [3.8, 4) is 0 Å². The molecule has 0 aromatic carbocycles. The van der Waals surface area contributed by atoms with E-state index in [0.717, 1.165) is 12.8 Å². The molecule has 0 rings (SSSR count). The molecule has 2 atom stereocenters. The quantitative estimate of drug-likeness (QED) is 0.334. The molecule has 7 heteroatoms. The normalized spacial score (nSPS) is 14.4. The number of unbranched alkanes of at least 4 members (excludes halogenated alkanes) is 9. The van der Waals surface area contributed by atoms with E-state index in [-0.39, 0.29) is 18.6 Å².